The van der Waals surface area contributed by atoms with E-state index in [1.54, 1.807) is 7.05 Å². The summed E-state index contributed by atoms with van der Waals surface area (Å²) in [5, 5.41) is 13.8. The molecule has 0 saturated carbocycles. The van der Waals surface area contributed by atoms with Crippen LogP contribution in [0.5, 0.6) is 0 Å². The van der Waals surface area contributed by atoms with Gasteiger partial charge in [-0.25, -0.2) is 0 Å². The second-order valence-electron chi connectivity index (χ2n) is 4.55. The van der Waals surface area contributed by atoms with Crippen LogP contribution in [0.1, 0.15) is 11.1 Å². The van der Waals surface area contributed by atoms with E-state index in [0.29, 0.717) is 0 Å². The van der Waals surface area contributed by atoms with Crippen molar-refractivity contribution >= 4 is 17.1 Å². The molecule has 19 heavy (non-hydrogen) atoms. The summed E-state index contributed by atoms with van der Waals surface area (Å²) in [5.74, 6) is 0. The van der Waals surface area contributed by atoms with Gasteiger partial charge in [0.25, 0.3) is 0 Å². The molecule has 0 aliphatic rings. The Hall–Kier alpha value is -2.26. The van der Waals surface area contributed by atoms with Crippen molar-refractivity contribution in [2.24, 2.45) is 0 Å². The van der Waals surface area contributed by atoms with E-state index in [0.717, 1.165) is 27.7 Å². The summed E-state index contributed by atoms with van der Waals surface area (Å²) < 4.78 is 0. The Kier molecular flexibility index (Phi) is 3.88. The van der Waals surface area contributed by atoms with Gasteiger partial charge in [-0.3, -0.25) is 10.3 Å². The molecule has 0 atom stereocenters. The molecule has 0 fully saturated rings. The van der Waals surface area contributed by atoms with Crippen molar-refractivity contribution in [2.45, 2.75) is 6.92 Å². The molecule has 0 heterocycles. The number of benzene rings is 2. The van der Waals surface area contributed by atoms with Crippen molar-refractivity contribution in [3.63, 3.8) is 0 Å². The number of nitrogens with zero attached hydrogens (tertiary/aromatic N) is 1. The van der Waals surface area contributed by atoms with E-state index in [2.05, 4.69) is 31.0 Å². The van der Waals surface area contributed by atoms with Crippen LogP contribution in [0.25, 0.3) is 5.70 Å². The molecule has 3 nitrogen and oxygen atoms in total. The standard InChI is InChI=1S/C16H18N2O/c1-12-6-4-7-14(10-12)13(2)17-15-8-5-9-16(11-15)18(3)19/h4-11,17,19H,2H2,1,3H3. The van der Waals surface area contributed by atoms with E-state index in [4.69, 9.17) is 0 Å². The van der Waals surface area contributed by atoms with Gasteiger partial charge in [-0.05, 0) is 36.8 Å². The highest BCUT2D eigenvalue weighted by molar-refractivity contribution is 5.76. The fourth-order valence-corrected chi connectivity index (χ4v) is 1.86. The fraction of sp³-hybridized carbons (Fsp3) is 0.125. The molecule has 98 valence electrons. The molecule has 0 aromatic heterocycles. The Balaban J connectivity index is 2.17. The summed E-state index contributed by atoms with van der Waals surface area (Å²) in [6.07, 6.45) is 0. The fourth-order valence-electron chi connectivity index (χ4n) is 1.86. The summed E-state index contributed by atoms with van der Waals surface area (Å²) >= 11 is 0. The quantitative estimate of drug-likeness (QED) is 0.812. The molecule has 0 bridgehead atoms. The van der Waals surface area contributed by atoms with Gasteiger partial charge in [0.15, 0.2) is 0 Å². The first kappa shape index (κ1) is 13.2. The molecule has 0 spiro atoms. The van der Waals surface area contributed by atoms with Crippen LogP contribution >= 0.6 is 0 Å². The molecule has 0 saturated heterocycles. The van der Waals surface area contributed by atoms with Crippen LogP contribution < -0.4 is 10.4 Å². The van der Waals surface area contributed by atoms with Crippen LogP contribution in [0, 0.1) is 6.92 Å². The third-order valence-corrected chi connectivity index (χ3v) is 2.88. The predicted molar refractivity (Wildman–Crippen MR) is 80.5 cm³/mol. The van der Waals surface area contributed by atoms with Crippen molar-refractivity contribution in [1.29, 1.82) is 0 Å². The Bertz CT molecular complexity index is 591. The highest BCUT2D eigenvalue weighted by Crippen LogP contribution is 2.21. The molecule has 0 unspecified atom stereocenters. The summed E-state index contributed by atoms with van der Waals surface area (Å²) in [5.41, 5.74) is 4.71. The van der Waals surface area contributed by atoms with Crippen LogP contribution in [-0.2, 0) is 0 Å². The number of rotatable bonds is 4. The average molecular weight is 254 g/mol. The molecule has 2 N–H and O–H groups in total. The zero-order valence-electron chi connectivity index (χ0n) is 11.2. The summed E-state index contributed by atoms with van der Waals surface area (Å²) in [7, 11) is 1.59. The van der Waals surface area contributed by atoms with E-state index >= 15 is 0 Å². The lowest BCUT2D eigenvalue weighted by Crippen LogP contribution is -2.09. The summed E-state index contributed by atoms with van der Waals surface area (Å²) in [6, 6.07) is 15.7. The molecule has 2 aromatic rings. The number of anilines is 2. The Labute approximate surface area is 113 Å². The van der Waals surface area contributed by atoms with Gasteiger partial charge in [0.1, 0.15) is 0 Å². The minimum Gasteiger partial charge on any atom is -0.355 e. The van der Waals surface area contributed by atoms with Crippen molar-refractivity contribution < 1.29 is 5.21 Å². The second-order valence-corrected chi connectivity index (χ2v) is 4.55. The Morgan fingerprint density at radius 2 is 1.89 bits per heavy atom. The number of hydrogen-bond donors (Lipinski definition) is 2. The molecule has 0 radical (unpaired) electrons. The summed E-state index contributed by atoms with van der Waals surface area (Å²) in [4.78, 5) is 0. The van der Waals surface area contributed by atoms with Crippen LogP contribution in [0.3, 0.4) is 0 Å². The molecule has 2 aromatic carbocycles. The SMILES string of the molecule is C=C(Nc1cccc(N(C)O)c1)c1cccc(C)c1. The van der Waals surface area contributed by atoms with Gasteiger partial charge in [-0.2, -0.15) is 0 Å². The van der Waals surface area contributed by atoms with E-state index in [9.17, 15) is 5.21 Å². The first-order chi connectivity index (χ1) is 9.06. The van der Waals surface area contributed by atoms with Crippen molar-refractivity contribution in [2.75, 3.05) is 17.4 Å². The van der Waals surface area contributed by atoms with Gasteiger partial charge >= 0.3 is 0 Å². The van der Waals surface area contributed by atoms with Gasteiger partial charge in [-0.15, -0.1) is 0 Å². The lowest BCUT2D eigenvalue weighted by atomic mass is 10.1. The Morgan fingerprint density at radius 1 is 1.16 bits per heavy atom. The largest absolute Gasteiger partial charge is 0.355 e. The molecular formula is C16H18N2O. The second kappa shape index (κ2) is 5.59. The van der Waals surface area contributed by atoms with E-state index in [1.165, 1.54) is 5.56 Å². The minimum atomic E-state index is 0.724. The first-order valence-corrected chi connectivity index (χ1v) is 6.12. The lowest BCUT2D eigenvalue weighted by Gasteiger charge is -2.14. The molecular weight excluding hydrogens is 236 g/mol. The van der Waals surface area contributed by atoms with Crippen molar-refractivity contribution in [3.8, 4) is 0 Å². The van der Waals surface area contributed by atoms with Gasteiger partial charge in [0.05, 0.1) is 5.69 Å². The monoisotopic (exact) mass is 254 g/mol. The maximum absolute atomic E-state index is 9.42. The van der Waals surface area contributed by atoms with Gasteiger partial charge in [0.2, 0.25) is 0 Å². The smallest absolute Gasteiger partial charge is 0.0651 e. The van der Waals surface area contributed by atoms with Crippen molar-refractivity contribution in [1.82, 2.24) is 0 Å². The number of nitrogens with one attached hydrogen (secondary N) is 1. The first-order valence-electron chi connectivity index (χ1n) is 6.12. The maximum atomic E-state index is 9.42. The number of hydrogen-bond acceptors (Lipinski definition) is 3. The minimum absolute atomic E-state index is 0.724. The van der Waals surface area contributed by atoms with Crippen LogP contribution in [0.2, 0.25) is 0 Å². The van der Waals surface area contributed by atoms with Crippen LogP contribution in [-0.4, -0.2) is 12.3 Å². The highest BCUT2D eigenvalue weighted by atomic mass is 16.5. The topological polar surface area (TPSA) is 35.5 Å². The van der Waals surface area contributed by atoms with Gasteiger partial charge < -0.3 is 5.32 Å². The van der Waals surface area contributed by atoms with E-state index < -0.39 is 0 Å². The molecule has 2 rings (SSSR count). The highest BCUT2D eigenvalue weighted by Gasteiger charge is 2.02. The predicted octanol–water partition coefficient (Wildman–Crippen LogP) is 3.90. The third-order valence-electron chi connectivity index (χ3n) is 2.88. The normalized spacial score (nSPS) is 10.1. The van der Waals surface area contributed by atoms with Gasteiger partial charge in [0, 0.05) is 18.4 Å². The maximum Gasteiger partial charge on any atom is 0.0651 e. The van der Waals surface area contributed by atoms with Crippen LogP contribution in [0.15, 0.2) is 55.1 Å². The molecule has 3 heteroatoms. The van der Waals surface area contributed by atoms with E-state index in [1.807, 2.05) is 36.4 Å². The molecule has 0 amide bonds. The molecule has 0 aliphatic heterocycles. The Morgan fingerprint density at radius 3 is 2.58 bits per heavy atom. The van der Waals surface area contributed by atoms with Crippen LogP contribution in [0.4, 0.5) is 11.4 Å². The van der Waals surface area contributed by atoms with Gasteiger partial charge in [-0.1, -0.05) is 36.4 Å². The zero-order chi connectivity index (χ0) is 13.8. The third kappa shape index (κ3) is 3.36. The number of aryl methyl sites for hydroxylation is 1. The lowest BCUT2D eigenvalue weighted by molar-refractivity contribution is 0.279. The zero-order valence-corrected chi connectivity index (χ0v) is 11.2. The summed E-state index contributed by atoms with van der Waals surface area (Å²) in [6.45, 7) is 6.10. The number of hydroxylamine groups is 1. The van der Waals surface area contributed by atoms with E-state index in [-0.39, 0.29) is 0 Å². The van der Waals surface area contributed by atoms with Crippen molar-refractivity contribution in [3.05, 3.63) is 66.2 Å². The average Bonchev–Trinajstić information content (AvgIpc) is 2.39. The molecule has 0 aliphatic carbocycles.